The molecule has 2 aromatic heterocycles. The molecule has 0 bridgehead atoms. The number of rotatable bonds is 4. The van der Waals surface area contributed by atoms with Crippen molar-refractivity contribution in [3.63, 3.8) is 0 Å². The van der Waals surface area contributed by atoms with Crippen molar-refractivity contribution in [1.82, 2.24) is 20.1 Å². The fraction of sp³-hybridized carbons (Fsp3) is 0.133. The van der Waals surface area contributed by atoms with Gasteiger partial charge in [-0.3, -0.25) is 14.7 Å². The third-order valence-corrected chi connectivity index (χ3v) is 4.63. The molecule has 2 aromatic rings. The Hall–Kier alpha value is -2.32. The summed E-state index contributed by atoms with van der Waals surface area (Å²) in [5.41, 5.74) is 0.870. The Bertz CT molecular complexity index is 797. The minimum absolute atomic E-state index is 0.0984. The highest BCUT2D eigenvalue weighted by molar-refractivity contribution is 8.18. The van der Waals surface area contributed by atoms with Crippen molar-refractivity contribution in [2.24, 2.45) is 4.99 Å². The molecule has 3 heterocycles. The summed E-state index contributed by atoms with van der Waals surface area (Å²) in [6, 6.07) is 3.73. The molecule has 1 aliphatic rings. The molecule has 6 nitrogen and oxygen atoms in total. The van der Waals surface area contributed by atoms with E-state index in [1.54, 1.807) is 23.4 Å². The zero-order chi connectivity index (χ0) is 16.2. The van der Waals surface area contributed by atoms with E-state index < -0.39 is 0 Å². The number of amidine groups is 1. The van der Waals surface area contributed by atoms with E-state index in [9.17, 15) is 4.79 Å². The van der Waals surface area contributed by atoms with E-state index in [2.05, 4.69) is 26.8 Å². The van der Waals surface area contributed by atoms with E-state index in [-0.39, 0.29) is 5.91 Å². The summed E-state index contributed by atoms with van der Waals surface area (Å²) in [5.74, 6) is -0.0984. The Labute approximate surface area is 141 Å². The van der Waals surface area contributed by atoms with E-state index in [1.165, 1.54) is 23.1 Å². The van der Waals surface area contributed by atoms with Crippen molar-refractivity contribution in [3.8, 4) is 0 Å². The Morgan fingerprint density at radius 1 is 1.43 bits per heavy atom. The van der Waals surface area contributed by atoms with Crippen molar-refractivity contribution in [3.05, 3.63) is 52.7 Å². The molecule has 3 rings (SSSR count). The van der Waals surface area contributed by atoms with E-state index in [1.807, 2.05) is 25.1 Å². The van der Waals surface area contributed by atoms with Crippen LogP contribution in [0.25, 0.3) is 6.08 Å². The first-order chi connectivity index (χ1) is 11.2. The lowest BCUT2D eigenvalue weighted by molar-refractivity contribution is -0.121. The third kappa shape index (κ3) is 3.54. The van der Waals surface area contributed by atoms with Crippen LogP contribution in [0.15, 0.2) is 47.1 Å². The number of carbonyl (C=O) groups excluding carboxylic acids is 1. The molecule has 0 aromatic carbocycles. The van der Waals surface area contributed by atoms with Crippen molar-refractivity contribution in [2.75, 3.05) is 6.54 Å². The first-order valence-corrected chi connectivity index (χ1v) is 8.42. The van der Waals surface area contributed by atoms with Crippen molar-refractivity contribution < 1.29 is 4.79 Å². The van der Waals surface area contributed by atoms with Gasteiger partial charge in [0.05, 0.1) is 4.91 Å². The summed E-state index contributed by atoms with van der Waals surface area (Å²) >= 11 is 2.70. The van der Waals surface area contributed by atoms with Crippen LogP contribution in [0.3, 0.4) is 0 Å². The standard InChI is InChI=1S/C15H13N5OS2/c1-3-7-20-13(21)12(8-11-5-4-6-16-9-11)23-15(20)17-14-19-18-10(2)22-14/h3-6,8-9H,1,7H2,2H3/b12-8-,17-15+. The summed E-state index contributed by atoms with van der Waals surface area (Å²) in [6.45, 7) is 5.96. The topological polar surface area (TPSA) is 71.3 Å². The minimum Gasteiger partial charge on any atom is -0.282 e. The molecule has 0 N–H and O–H groups in total. The molecule has 8 heteroatoms. The van der Waals surface area contributed by atoms with Gasteiger partial charge in [0.25, 0.3) is 5.91 Å². The van der Waals surface area contributed by atoms with Gasteiger partial charge in [-0.25, -0.2) is 0 Å². The molecule has 0 unspecified atom stereocenters. The lowest BCUT2D eigenvalue weighted by atomic mass is 10.2. The van der Waals surface area contributed by atoms with Crippen LogP contribution in [0.1, 0.15) is 10.6 Å². The van der Waals surface area contributed by atoms with Crippen LogP contribution in [0.4, 0.5) is 5.13 Å². The minimum atomic E-state index is -0.0984. The third-order valence-electron chi connectivity index (χ3n) is 2.89. The Balaban J connectivity index is 1.94. The predicted octanol–water partition coefficient (Wildman–Crippen LogP) is 3.03. The maximum Gasteiger partial charge on any atom is 0.267 e. The summed E-state index contributed by atoms with van der Waals surface area (Å²) in [5, 5.41) is 9.88. The number of thioether (sulfide) groups is 1. The number of hydrogen-bond acceptors (Lipinski definition) is 7. The van der Waals surface area contributed by atoms with Crippen LogP contribution in [0.2, 0.25) is 0 Å². The summed E-state index contributed by atoms with van der Waals surface area (Å²) in [4.78, 5) is 23.2. The smallest absolute Gasteiger partial charge is 0.267 e. The van der Waals surface area contributed by atoms with Crippen LogP contribution in [-0.2, 0) is 4.79 Å². The summed E-state index contributed by atoms with van der Waals surface area (Å²) in [7, 11) is 0. The van der Waals surface area contributed by atoms with Crippen LogP contribution in [0.5, 0.6) is 0 Å². The lowest BCUT2D eigenvalue weighted by Crippen LogP contribution is -2.29. The maximum atomic E-state index is 12.6. The van der Waals surface area contributed by atoms with Crippen LogP contribution in [0, 0.1) is 6.92 Å². The molecule has 0 saturated carbocycles. The zero-order valence-electron chi connectivity index (χ0n) is 12.3. The molecule has 23 heavy (non-hydrogen) atoms. The second kappa shape index (κ2) is 6.84. The quantitative estimate of drug-likeness (QED) is 0.630. The van der Waals surface area contributed by atoms with Gasteiger partial charge in [-0.1, -0.05) is 23.5 Å². The van der Waals surface area contributed by atoms with Crippen molar-refractivity contribution in [2.45, 2.75) is 6.92 Å². The van der Waals surface area contributed by atoms with Gasteiger partial charge in [0.2, 0.25) is 5.13 Å². The van der Waals surface area contributed by atoms with Gasteiger partial charge < -0.3 is 0 Å². The predicted molar refractivity (Wildman–Crippen MR) is 93.5 cm³/mol. The molecule has 1 fully saturated rings. The SMILES string of the molecule is C=CCN1C(=O)/C(=C/c2cccnc2)S/C1=N/c1nnc(C)s1. The molecule has 116 valence electrons. The van der Waals surface area contributed by atoms with E-state index in [4.69, 9.17) is 0 Å². The van der Waals surface area contributed by atoms with E-state index >= 15 is 0 Å². The number of hydrogen-bond donors (Lipinski definition) is 0. The molecule has 1 amide bonds. The van der Waals surface area contributed by atoms with Crippen molar-refractivity contribution in [1.29, 1.82) is 0 Å². The summed E-state index contributed by atoms with van der Waals surface area (Å²) < 4.78 is 0. The lowest BCUT2D eigenvalue weighted by Gasteiger charge is -2.11. The number of amides is 1. The van der Waals surface area contributed by atoms with Crippen LogP contribution in [-0.4, -0.2) is 37.7 Å². The fourth-order valence-corrected chi connectivity index (χ4v) is 3.51. The highest BCUT2D eigenvalue weighted by atomic mass is 32.2. The van der Waals surface area contributed by atoms with E-state index in [0.29, 0.717) is 21.7 Å². The molecule has 0 aliphatic carbocycles. The zero-order valence-corrected chi connectivity index (χ0v) is 14.0. The summed E-state index contributed by atoms with van der Waals surface area (Å²) in [6.07, 6.45) is 6.89. The van der Waals surface area contributed by atoms with Gasteiger partial charge >= 0.3 is 0 Å². The monoisotopic (exact) mass is 343 g/mol. The number of aromatic nitrogens is 3. The Morgan fingerprint density at radius 3 is 2.96 bits per heavy atom. The first kappa shape index (κ1) is 15.6. The number of nitrogens with zero attached hydrogens (tertiary/aromatic N) is 5. The number of aryl methyl sites for hydroxylation is 1. The molecule has 1 saturated heterocycles. The fourth-order valence-electron chi connectivity index (χ4n) is 1.91. The average molecular weight is 343 g/mol. The Morgan fingerprint density at radius 2 is 2.30 bits per heavy atom. The first-order valence-electron chi connectivity index (χ1n) is 6.78. The van der Waals surface area contributed by atoms with Gasteiger partial charge in [0, 0.05) is 18.9 Å². The van der Waals surface area contributed by atoms with Gasteiger partial charge in [-0.15, -0.1) is 16.8 Å². The molecular formula is C15H13N5OS2. The number of carbonyl (C=O) groups is 1. The second-order valence-corrected chi connectivity index (χ2v) is 6.77. The van der Waals surface area contributed by atoms with Crippen molar-refractivity contribution >= 4 is 45.4 Å². The van der Waals surface area contributed by atoms with Gasteiger partial charge in [0.1, 0.15) is 5.01 Å². The molecule has 0 spiro atoms. The maximum absolute atomic E-state index is 12.6. The molecule has 0 radical (unpaired) electrons. The van der Waals surface area contributed by atoms with Crippen LogP contribution < -0.4 is 0 Å². The van der Waals surface area contributed by atoms with E-state index in [0.717, 1.165) is 10.6 Å². The molecule has 1 aliphatic heterocycles. The normalized spacial score (nSPS) is 18.1. The molecule has 0 atom stereocenters. The second-order valence-electron chi connectivity index (χ2n) is 4.60. The highest BCUT2D eigenvalue weighted by Gasteiger charge is 2.32. The van der Waals surface area contributed by atoms with Crippen LogP contribution >= 0.6 is 23.1 Å². The van der Waals surface area contributed by atoms with Gasteiger partial charge in [0.15, 0.2) is 5.17 Å². The van der Waals surface area contributed by atoms with Gasteiger partial charge in [-0.2, -0.15) is 4.99 Å². The molecular weight excluding hydrogens is 330 g/mol. The Kier molecular flexibility index (Phi) is 4.63. The van der Waals surface area contributed by atoms with Gasteiger partial charge in [-0.05, 0) is 36.4 Å². The number of pyridine rings is 1. The number of aliphatic imine (C=N–C) groups is 1. The average Bonchev–Trinajstić information content (AvgIpc) is 3.08. The largest absolute Gasteiger partial charge is 0.282 e. The highest BCUT2D eigenvalue weighted by Crippen LogP contribution is 2.34.